The molecular weight excluding hydrogens is 716 g/mol. The number of aliphatic hydroxyl groups excluding tert-OH is 3. The third-order valence-electron chi connectivity index (χ3n) is 8.13. The highest BCUT2D eigenvalue weighted by atomic mass is 16.7. The van der Waals surface area contributed by atoms with E-state index in [-0.39, 0.29) is 19.4 Å². The monoisotopic (exact) mass is 782 g/mol. The first-order chi connectivity index (χ1) is 27.2. The standard InChI is InChI=1S/C45H66O11/c1-3-5-7-9-11-13-15-17-18-19-20-22-23-25-27-29-31-33-38(46)53-35-37(36-54-45-42(50)40(48)41(49)43(56-45)44(51)52)55-39(47)34-32-30-28-26-24-21-16-14-12-10-8-6-4-2/h5-8,11-14,17-18,20-22,24-25,27-28,30,37,40-43,45,48-50H,3-4,9-10,15-16,19,23,26,29,31-36H2,1-2H3,(H,51,52)/b7-5-,8-6-,13-11-,14-12-,18-17-,22-20-,24-21-,27-25-,30-28-. The van der Waals surface area contributed by atoms with Crippen LogP contribution in [-0.2, 0) is 33.3 Å². The lowest BCUT2D eigenvalue weighted by Gasteiger charge is -2.38. The predicted molar refractivity (Wildman–Crippen MR) is 219 cm³/mol. The summed E-state index contributed by atoms with van der Waals surface area (Å²) in [4.78, 5) is 36.6. The molecule has 1 aliphatic heterocycles. The number of carbonyl (C=O) groups excluding carboxylic acids is 2. The van der Waals surface area contributed by atoms with Crippen molar-refractivity contribution in [3.05, 3.63) is 109 Å². The number of carboxylic acids is 1. The molecule has 0 aromatic rings. The summed E-state index contributed by atoms with van der Waals surface area (Å²) in [5.41, 5.74) is 0. The highest BCUT2D eigenvalue weighted by Gasteiger charge is 2.47. The van der Waals surface area contributed by atoms with E-state index in [9.17, 15) is 34.8 Å². The molecule has 0 radical (unpaired) electrons. The van der Waals surface area contributed by atoms with Crippen molar-refractivity contribution in [1.82, 2.24) is 0 Å². The van der Waals surface area contributed by atoms with Gasteiger partial charge in [0.05, 0.1) is 6.61 Å². The zero-order valence-electron chi connectivity index (χ0n) is 33.3. The molecule has 56 heavy (non-hydrogen) atoms. The van der Waals surface area contributed by atoms with Gasteiger partial charge in [-0.1, -0.05) is 123 Å². The van der Waals surface area contributed by atoms with Crippen LogP contribution in [0.4, 0.5) is 0 Å². The van der Waals surface area contributed by atoms with Crippen LogP contribution in [0.5, 0.6) is 0 Å². The molecule has 1 fully saturated rings. The van der Waals surface area contributed by atoms with E-state index in [2.05, 4.69) is 92.8 Å². The number of carbonyl (C=O) groups is 3. The highest BCUT2D eigenvalue weighted by Crippen LogP contribution is 2.23. The fourth-order valence-corrected chi connectivity index (χ4v) is 5.04. The van der Waals surface area contributed by atoms with Gasteiger partial charge in [0, 0.05) is 12.8 Å². The van der Waals surface area contributed by atoms with Crippen molar-refractivity contribution in [3.63, 3.8) is 0 Å². The van der Waals surface area contributed by atoms with Gasteiger partial charge in [-0.3, -0.25) is 9.59 Å². The lowest BCUT2D eigenvalue weighted by molar-refractivity contribution is -0.298. The first-order valence-corrected chi connectivity index (χ1v) is 19.9. The molecular formula is C45H66O11. The Morgan fingerprint density at radius 1 is 0.554 bits per heavy atom. The van der Waals surface area contributed by atoms with Crippen LogP contribution in [0.3, 0.4) is 0 Å². The van der Waals surface area contributed by atoms with E-state index < -0.39 is 61.3 Å². The second-order valence-corrected chi connectivity index (χ2v) is 13.0. The smallest absolute Gasteiger partial charge is 0.335 e. The van der Waals surface area contributed by atoms with E-state index in [0.717, 1.165) is 51.4 Å². The van der Waals surface area contributed by atoms with Gasteiger partial charge in [0.1, 0.15) is 24.9 Å². The predicted octanol–water partition coefficient (Wildman–Crippen LogP) is 7.86. The molecule has 11 nitrogen and oxygen atoms in total. The zero-order chi connectivity index (χ0) is 41.1. The van der Waals surface area contributed by atoms with Crippen molar-refractivity contribution < 1.29 is 53.8 Å². The Kier molecular flexibility index (Phi) is 30.4. The molecule has 0 aliphatic carbocycles. The second kappa shape index (κ2) is 34.1. The molecule has 1 heterocycles. The largest absolute Gasteiger partial charge is 0.479 e. The second-order valence-electron chi connectivity index (χ2n) is 13.0. The topological polar surface area (TPSA) is 169 Å². The molecule has 6 atom stereocenters. The van der Waals surface area contributed by atoms with Crippen LogP contribution in [0.15, 0.2) is 109 Å². The number of ether oxygens (including phenoxy) is 4. The molecule has 312 valence electrons. The maximum absolute atomic E-state index is 12.7. The lowest BCUT2D eigenvalue weighted by atomic mass is 9.99. The minimum absolute atomic E-state index is 0.0421. The Morgan fingerprint density at radius 3 is 1.46 bits per heavy atom. The number of aliphatic hydroxyl groups is 3. The number of allylic oxidation sites excluding steroid dienone is 18. The van der Waals surface area contributed by atoms with E-state index in [1.807, 2.05) is 30.4 Å². The maximum Gasteiger partial charge on any atom is 0.335 e. The fraction of sp³-hybridized carbons (Fsp3) is 0.533. The minimum atomic E-state index is -1.88. The summed E-state index contributed by atoms with van der Waals surface area (Å²) in [5, 5.41) is 39.7. The Morgan fingerprint density at radius 2 is 1.00 bits per heavy atom. The summed E-state index contributed by atoms with van der Waals surface area (Å²) in [6.45, 7) is 3.43. The van der Waals surface area contributed by atoms with Gasteiger partial charge in [-0.15, -0.1) is 0 Å². The van der Waals surface area contributed by atoms with Crippen LogP contribution >= 0.6 is 0 Å². The van der Waals surface area contributed by atoms with Crippen molar-refractivity contribution in [3.8, 4) is 0 Å². The Hall–Kier alpha value is -4.13. The molecule has 0 aromatic carbocycles. The number of aliphatic carboxylic acids is 1. The Labute approximate surface area is 334 Å². The summed E-state index contributed by atoms with van der Waals surface area (Å²) in [5.74, 6) is -2.65. The summed E-state index contributed by atoms with van der Waals surface area (Å²) in [7, 11) is 0. The van der Waals surface area contributed by atoms with Gasteiger partial charge in [0.25, 0.3) is 0 Å². The highest BCUT2D eigenvalue weighted by molar-refractivity contribution is 5.73. The fourth-order valence-electron chi connectivity index (χ4n) is 5.04. The third kappa shape index (κ3) is 25.9. The Bertz CT molecular complexity index is 1340. The first kappa shape index (κ1) is 49.9. The number of carboxylic acid groups (broad SMARTS) is 1. The van der Waals surface area contributed by atoms with Crippen molar-refractivity contribution >= 4 is 17.9 Å². The van der Waals surface area contributed by atoms with E-state index >= 15 is 0 Å². The van der Waals surface area contributed by atoms with E-state index in [4.69, 9.17) is 18.9 Å². The van der Waals surface area contributed by atoms with Gasteiger partial charge in [-0.2, -0.15) is 0 Å². The molecule has 0 amide bonds. The first-order valence-electron chi connectivity index (χ1n) is 19.9. The van der Waals surface area contributed by atoms with Crippen molar-refractivity contribution in [2.75, 3.05) is 13.2 Å². The number of unbranched alkanes of at least 4 members (excludes halogenated alkanes) is 1. The molecule has 1 saturated heterocycles. The lowest BCUT2D eigenvalue weighted by Crippen LogP contribution is -2.60. The van der Waals surface area contributed by atoms with Gasteiger partial charge < -0.3 is 39.4 Å². The quantitative estimate of drug-likeness (QED) is 0.0318. The van der Waals surface area contributed by atoms with Crippen molar-refractivity contribution in [2.24, 2.45) is 0 Å². The number of hydrogen-bond donors (Lipinski definition) is 4. The van der Waals surface area contributed by atoms with Crippen LogP contribution in [0.2, 0.25) is 0 Å². The summed E-state index contributed by atoms with van der Waals surface area (Å²) in [6.07, 6.45) is 37.4. The average Bonchev–Trinajstić information content (AvgIpc) is 3.18. The van der Waals surface area contributed by atoms with E-state index in [1.54, 1.807) is 0 Å². The number of hydrogen-bond acceptors (Lipinski definition) is 10. The van der Waals surface area contributed by atoms with Gasteiger partial charge in [0.15, 0.2) is 18.5 Å². The molecule has 0 spiro atoms. The van der Waals surface area contributed by atoms with Gasteiger partial charge in [-0.05, 0) is 77.0 Å². The zero-order valence-corrected chi connectivity index (χ0v) is 33.3. The van der Waals surface area contributed by atoms with Crippen LogP contribution < -0.4 is 0 Å². The molecule has 1 aliphatic rings. The molecule has 6 unspecified atom stereocenters. The van der Waals surface area contributed by atoms with Crippen LogP contribution in [0, 0.1) is 0 Å². The van der Waals surface area contributed by atoms with Crippen molar-refractivity contribution in [1.29, 1.82) is 0 Å². The SMILES string of the molecule is CC/C=C\C/C=C\C/C=C\C/C=C\C/C=C\CCCC(=O)OCC(COC1OC(C(=O)O)C(O)C(O)C1O)OC(=O)CC/C=C\C/C=C\C/C=C\C/C=C\CC. The molecule has 11 heteroatoms. The van der Waals surface area contributed by atoms with Crippen molar-refractivity contribution in [2.45, 2.75) is 141 Å². The van der Waals surface area contributed by atoms with E-state index in [1.165, 1.54) is 0 Å². The molecule has 1 rings (SSSR count). The number of rotatable bonds is 30. The summed E-state index contributed by atoms with van der Waals surface area (Å²) < 4.78 is 21.5. The average molecular weight is 783 g/mol. The van der Waals surface area contributed by atoms with Gasteiger partial charge in [0.2, 0.25) is 0 Å². The van der Waals surface area contributed by atoms with Crippen LogP contribution in [0.1, 0.15) is 104 Å². The van der Waals surface area contributed by atoms with Gasteiger partial charge >= 0.3 is 17.9 Å². The van der Waals surface area contributed by atoms with Crippen LogP contribution in [-0.4, -0.2) is 88.4 Å². The molecule has 0 saturated carbocycles. The number of esters is 2. The maximum atomic E-state index is 12.7. The van der Waals surface area contributed by atoms with E-state index in [0.29, 0.717) is 25.7 Å². The molecule has 0 aromatic heterocycles. The third-order valence-corrected chi connectivity index (χ3v) is 8.13. The Balaban J connectivity index is 2.52. The van der Waals surface area contributed by atoms with Crippen LogP contribution in [0.25, 0.3) is 0 Å². The summed E-state index contributed by atoms with van der Waals surface area (Å²) in [6, 6.07) is 0. The summed E-state index contributed by atoms with van der Waals surface area (Å²) >= 11 is 0. The van der Waals surface area contributed by atoms with Gasteiger partial charge in [-0.25, -0.2) is 4.79 Å². The molecule has 0 bridgehead atoms. The normalized spacial score (nSPS) is 21.5. The molecule has 4 N–H and O–H groups in total. The minimum Gasteiger partial charge on any atom is -0.479 e.